The zero-order valence-corrected chi connectivity index (χ0v) is 21.8. The van der Waals surface area contributed by atoms with Crippen LogP contribution in [0, 0.1) is 0 Å². The van der Waals surface area contributed by atoms with Crippen LogP contribution in [0.2, 0.25) is 0 Å². The lowest BCUT2D eigenvalue weighted by atomic mass is 9.98. The smallest absolute Gasteiger partial charge is 0.268 e. The van der Waals surface area contributed by atoms with Gasteiger partial charge in [0.25, 0.3) is 10.0 Å². The molecule has 4 aromatic rings. The molecular weight excluding hydrogens is 522 g/mol. The van der Waals surface area contributed by atoms with Crippen molar-refractivity contribution in [3.63, 3.8) is 0 Å². The maximum absolute atomic E-state index is 13.3. The summed E-state index contributed by atoms with van der Waals surface area (Å²) >= 11 is 0. The second-order valence-corrected chi connectivity index (χ2v) is 11.4. The van der Waals surface area contributed by atoms with Crippen LogP contribution in [0.15, 0.2) is 96.0 Å². The first-order chi connectivity index (χ1) is 18.9. The Bertz CT molecular complexity index is 1520. The summed E-state index contributed by atoms with van der Waals surface area (Å²) < 4.78 is 51.5. The molecule has 3 heterocycles. The Morgan fingerprint density at radius 3 is 2.33 bits per heavy atom. The molecule has 6 rings (SSSR count). The van der Waals surface area contributed by atoms with Crippen molar-refractivity contribution >= 4 is 20.9 Å². The van der Waals surface area contributed by atoms with Crippen LogP contribution in [0.25, 0.3) is 10.9 Å². The average Bonchev–Trinajstić information content (AvgIpc) is 3.36. The number of nitrogens with zero attached hydrogens (tertiary/aromatic N) is 1. The Labute approximate surface area is 226 Å². The molecule has 0 spiro atoms. The summed E-state index contributed by atoms with van der Waals surface area (Å²) in [6.45, 7) is 0.290. The molecule has 10 heteroatoms. The first kappa shape index (κ1) is 26.1. The molecule has 3 aromatic carbocycles. The summed E-state index contributed by atoms with van der Waals surface area (Å²) in [7, 11) is -3.79. The van der Waals surface area contributed by atoms with E-state index in [9.17, 15) is 18.6 Å². The van der Waals surface area contributed by atoms with Crippen molar-refractivity contribution in [2.45, 2.75) is 48.3 Å². The van der Waals surface area contributed by atoms with E-state index in [1.165, 1.54) is 3.97 Å². The van der Waals surface area contributed by atoms with E-state index >= 15 is 0 Å². The van der Waals surface area contributed by atoms with Crippen LogP contribution in [0.3, 0.4) is 0 Å². The van der Waals surface area contributed by atoms with Gasteiger partial charge in [0, 0.05) is 17.1 Å². The first-order valence-corrected chi connectivity index (χ1v) is 14.2. The highest BCUT2D eigenvalue weighted by Crippen LogP contribution is 2.34. The summed E-state index contributed by atoms with van der Waals surface area (Å²) in [5.41, 5.74) is 2.14. The van der Waals surface area contributed by atoms with Gasteiger partial charge in [-0.1, -0.05) is 66.7 Å². The second kappa shape index (κ2) is 10.8. The van der Waals surface area contributed by atoms with Crippen LogP contribution < -0.4 is 0 Å². The van der Waals surface area contributed by atoms with Gasteiger partial charge in [-0.15, -0.1) is 0 Å². The molecule has 0 bridgehead atoms. The first-order valence-electron chi connectivity index (χ1n) is 12.8. The van der Waals surface area contributed by atoms with E-state index in [1.807, 2.05) is 42.5 Å². The van der Waals surface area contributed by atoms with Gasteiger partial charge in [0.15, 0.2) is 12.6 Å². The molecule has 2 saturated heterocycles. The zero-order valence-electron chi connectivity index (χ0n) is 20.9. The minimum absolute atomic E-state index is 0.125. The van der Waals surface area contributed by atoms with Crippen molar-refractivity contribution in [1.82, 2.24) is 3.97 Å². The summed E-state index contributed by atoms with van der Waals surface area (Å²) in [6, 6.07) is 24.9. The summed E-state index contributed by atoms with van der Waals surface area (Å²) in [5.74, 6) is 0. The van der Waals surface area contributed by atoms with Crippen molar-refractivity contribution < 1.29 is 37.6 Å². The molecule has 2 aliphatic rings. The monoisotopic (exact) mass is 551 g/mol. The topological polar surface area (TPSA) is 116 Å². The fraction of sp³-hybridized carbons (Fsp3) is 0.310. The lowest BCUT2D eigenvalue weighted by molar-refractivity contribution is -0.361. The number of rotatable bonds is 7. The van der Waals surface area contributed by atoms with E-state index < -0.39 is 47.0 Å². The molecule has 1 aromatic heterocycles. The Morgan fingerprint density at radius 2 is 1.56 bits per heavy atom. The molecule has 0 aliphatic carbocycles. The van der Waals surface area contributed by atoms with Crippen molar-refractivity contribution in [1.29, 1.82) is 0 Å². The maximum atomic E-state index is 13.3. The standard InChI is InChI=1S/C29H29NO8S/c31-25-26(32)29(37-24-18-36-28(38-27(24)25)19-9-3-1-4-10-19)35-16-15-20-17-30(23-14-8-7-13-22(20)23)39(33,34)21-11-5-2-6-12-21/h1-14,17,24-29,31-32H,15-16,18H2/t24-,25-,26-,27-,28?,29-/m0/s1. The van der Waals surface area contributed by atoms with Crippen LogP contribution in [-0.2, 0) is 35.4 Å². The average molecular weight is 552 g/mol. The van der Waals surface area contributed by atoms with E-state index in [0.717, 1.165) is 16.5 Å². The van der Waals surface area contributed by atoms with Gasteiger partial charge in [0.2, 0.25) is 0 Å². The maximum Gasteiger partial charge on any atom is 0.268 e. The Kier molecular flexibility index (Phi) is 7.25. The predicted molar refractivity (Wildman–Crippen MR) is 141 cm³/mol. The van der Waals surface area contributed by atoms with Gasteiger partial charge in [-0.2, -0.15) is 0 Å². The van der Waals surface area contributed by atoms with Crippen LogP contribution in [0.4, 0.5) is 0 Å². The number of aromatic nitrogens is 1. The Morgan fingerprint density at radius 1 is 0.872 bits per heavy atom. The fourth-order valence-electron chi connectivity index (χ4n) is 5.10. The highest BCUT2D eigenvalue weighted by atomic mass is 32.2. The largest absolute Gasteiger partial charge is 0.387 e. The molecule has 0 saturated carbocycles. The normalized spacial score (nSPS) is 27.3. The molecule has 0 radical (unpaired) electrons. The third kappa shape index (κ3) is 5.01. The Hall–Kier alpha value is -3.09. The SMILES string of the molecule is O=S(=O)(c1ccccc1)n1cc(CCO[C@H]2O[C@H]3COC(c4ccccc4)O[C@@H]3[C@@H](O)[C@@H]2O)c2ccccc21. The molecule has 6 atom stereocenters. The molecule has 9 nitrogen and oxygen atoms in total. The van der Waals surface area contributed by atoms with Crippen LogP contribution in [-0.4, -0.2) is 66.5 Å². The molecule has 204 valence electrons. The third-order valence-corrected chi connectivity index (χ3v) is 8.81. The molecule has 39 heavy (non-hydrogen) atoms. The van der Waals surface area contributed by atoms with Gasteiger partial charge < -0.3 is 29.2 Å². The highest BCUT2D eigenvalue weighted by Gasteiger charge is 2.49. The lowest BCUT2D eigenvalue weighted by Crippen LogP contribution is -2.62. The van der Waals surface area contributed by atoms with Gasteiger partial charge in [-0.3, -0.25) is 0 Å². The zero-order chi connectivity index (χ0) is 27.0. The molecule has 2 fully saturated rings. The van der Waals surface area contributed by atoms with Crippen molar-refractivity contribution in [2.75, 3.05) is 13.2 Å². The number of ether oxygens (including phenoxy) is 4. The van der Waals surface area contributed by atoms with Crippen molar-refractivity contribution in [3.05, 3.63) is 102 Å². The highest BCUT2D eigenvalue weighted by molar-refractivity contribution is 7.90. The van der Waals surface area contributed by atoms with Crippen molar-refractivity contribution in [2.24, 2.45) is 0 Å². The van der Waals surface area contributed by atoms with E-state index in [4.69, 9.17) is 18.9 Å². The number of hydrogen-bond donors (Lipinski definition) is 2. The van der Waals surface area contributed by atoms with Gasteiger partial charge >= 0.3 is 0 Å². The van der Waals surface area contributed by atoms with Gasteiger partial charge in [0.1, 0.15) is 24.4 Å². The molecule has 2 aliphatic heterocycles. The molecule has 0 amide bonds. The van der Waals surface area contributed by atoms with Crippen LogP contribution >= 0.6 is 0 Å². The number of aliphatic hydroxyl groups is 2. The van der Waals surface area contributed by atoms with Crippen LogP contribution in [0.1, 0.15) is 17.4 Å². The number of benzene rings is 3. The van der Waals surface area contributed by atoms with Crippen LogP contribution in [0.5, 0.6) is 0 Å². The number of fused-ring (bicyclic) bond motifs is 2. The van der Waals surface area contributed by atoms with E-state index in [1.54, 1.807) is 48.7 Å². The van der Waals surface area contributed by atoms with Gasteiger partial charge in [0.05, 0.1) is 23.6 Å². The number of para-hydroxylation sites is 1. The second-order valence-electron chi connectivity index (χ2n) is 9.61. The van der Waals surface area contributed by atoms with Crippen molar-refractivity contribution in [3.8, 4) is 0 Å². The minimum atomic E-state index is -3.79. The number of aliphatic hydroxyl groups excluding tert-OH is 2. The molecule has 1 unspecified atom stereocenters. The quantitative estimate of drug-likeness (QED) is 0.360. The summed E-state index contributed by atoms with van der Waals surface area (Å²) in [4.78, 5) is 0.197. The number of hydrogen-bond acceptors (Lipinski definition) is 8. The van der Waals surface area contributed by atoms with E-state index in [2.05, 4.69) is 0 Å². The van der Waals surface area contributed by atoms with E-state index in [0.29, 0.717) is 11.9 Å². The predicted octanol–water partition coefficient (Wildman–Crippen LogP) is 3.00. The summed E-state index contributed by atoms with van der Waals surface area (Å²) in [5, 5.41) is 22.3. The molecular formula is C29H29NO8S. The third-order valence-electron chi connectivity index (χ3n) is 7.12. The van der Waals surface area contributed by atoms with E-state index in [-0.39, 0.29) is 18.1 Å². The molecule has 2 N–H and O–H groups in total. The lowest BCUT2D eigenvalue weighted by Gasteiger charge is -2.46. The summed E-state index contributed by atoms with van der Waals surface area (Å²) in [6.07, 6.45) is -3.76. The fourth-order valence-corrected chi connectivity index (χ4v) is 6.51. The van der Waals surface area contributed by atoms with Gasteiger partial charge in [-0.05, 0) is 30.2 Å². The minimum Gasteiger partial charge on any atom is -0.387 e. The Balaban J connectivity index is 1.14. The van der Waals surface area contributed by atoms with Gasteiger partial charge in [-0.25, -0.2) is 12.4 Å².